The number of ether oxygens (including phenoxy) is 2. The lowest BCUT2D eigenvalue weighted by Gasteiger charge is -2.31. The highest BCUT2D eigenvalue weighted by Gasteiger charge is 2.32. The van der Waals surface area contributed by atoms with Crippen molar-refractivity contribution in [2.24, 2.45) is 5.92 Å². The summed E-state index contributed by atoms with van der Waals surface area (Å²) in [4.78, 5) is 12.6. The first-order valence-corrected chi connectivity index (χ1v) is 11.6. The minimum Gasteiger partial charge on any atom is -0.497 e. The number of nitrogens with one attached hydrogen (secondary N) is 1. The molecule has 0 unspecified atom stereocenters. The van der Waals surface area contributed by atoms with Gasteiger partial charge in [0, 0.05) is 19.0 Å². The molecule has 0 bridgehead atoms. The van der Waals surface area contributed by atoms with Crippen molar-refractivity contribution >= 4 is 15.9 Å². The smallest absolute Gasteiger partial charge is 0.243 e. The van der Waals surface area contributed by atoms with E-state index in [1.807, 2.05) is 6.92 Å². The highest BCUT2D eigenvalue weighted by Crippen LogP contribution is 2.24. The van der Waals surface area contributed by atoms with Crippen LogP contribution in [0, 0.1) is 11.7 Å². The zero-order chi connectivity index (χ0) is 22.4. The van der Waals surface area contributed by atoms with Crippen LogP contribution in [-0.2, 0) is 14.8 Å². The molecule has 1 heterocycles. The quantitative estimate of drug-likeness (QED) is 0.669. The number of nitrogens with zero attached hydrogens (tertiary/aromatic N) is 1. The highest BCUT2D eigenvalue weighted by molar-refractivity contribution is 7.89. The Morgan fingerprint density at radius 2 is 1.68 bits per heavy atom. The third-order valence-corrected chi connectivity index (χ3v) is 7.14. The first kappa shape index (κ1) is 23.0. The van der Waals surface area contributed by atoms with Gasteiger partial charge < -0.3 is 14.8 Å². The van der Waals surface area contributed by atoms with Crippen molar-refractivity contribution in [3.05, 3.63) is 54.3 Å². The van der Waals surface area contributed by atoms with Gasteiger partial charge in [-0.05, 0) is 68.3 Å². The predicted octanol–water partition coefficient (Wildman–Crippen LogP) is 2.82. The molecule has 3 rings (SSSR count). The number of rotatable bonds is 8. The lowest BCUT2D eigenvalue weighted by molar-refractivity contribution is -0.126. The minimum absolute atomic E-state index is 0.0566. The van der Waals surface area contributed by atoms with E-state index in [2.05, 4.69) is 5.32 Å². The summed E-state index contributed by atoms with van der Waals surface area (Å²) < 4.78 is 50.6. The minimum atomic E-state index is -3.69. The van der Waals surface area contributed by atoms with Gasteiger partial charge >= 0.3 is 0 Å². The van der Waals surface area contributed by atoms with Crippen LogP contribution in [0.15, 0.2) is 53.4 Å². The predicted molar refractivity (Wildman–Crippen MR) is 114 cm³/mol. The van der Waals surface area contributed by atoms with E-state index in [-0.39, 0.29) is 35.9 Å². The molecule has 2 aromatic carbocycles. The van der Waals surface area contributed by atoms with Crippen molar-refractivity contribution < 1.29 is 27.1 Å². The summed E-state index contributed by atoms with van der Waals surface area (Å²) in [7, 11) is -2.10. The zero-order valence-corrected chi connectivity index (χ0v) is 18.4. The summed E-state index contributed by atoms with van der Waals surface area (Å²) in [5, 5.41) is 2.94. The number of hydrogen-bond donors (Lipinski definition) is 1. The molecule has 9 heteroatoms. The van der Waals surface area contributed by atoms with Crippen molar-refractivity contribution in [2.45, 2.75) is 30.7 Å². The summed E-state index contributed by atoms with van der Waals surface area (Å²) >= 11 is 0. The maximum Gasteiger partial charge on any atom is 0.243 e. The third-order valence-electron chi connectivity index (χ3n) is 5.22. The van der Waals surface area contributed by atoms with Crippen LogP contribution in [0.1, 0.15) is 19.8 Å². The number of carbonyl (C=O) groups excluding carboxylic acids is 1. The Labute approximate surface area is 182 Å². The van der Waals surface area contributed by atoms with E-state index in [1.54, 1.807) is 31.4 Å². The van der Waals surface area contributed by atoms with Crippen molar-refractivity contribution in [3.63, 3.8) is 0 Å². The molecule has 0 aromatic heterocycles. The maximum absolute atomic E-state index is 13.1. The van der Waals surface area contributed by atoms with Gasteiger partial charge in [0.25, 0.3) is 0 Å². The van der Waals surface area contributed by atoms with Crippen molar-refractivity contribution in [2.75, 3.05) is 26.8 Å². The molecule has 0 saturated carbocycles. The van der Waals surface area contributed by atoms with Gasteiger partial charge in [-0.25, -0.2) is 12.8 Å². The van der Waals surface area contributed by atoms with Crippen LogP contribution in [0.2, 0.25) is 0 Å². The second kappa shape index (κ2) is 10.1. The number of halogens is 1. The molecule has 31 heavy (non-hydrogen) atoms. The zero-order valence-electron chi connectivity index (χ0n) is 17.6. The summed E-state index contributed by atoms with van der Waals surface area (Å²) in [6.07, 6.45) is 0.858. The van der Waals surface area contributed by atoms with Gasteiger partial charge in [-0.15, -0.1) is 0 Å². The molecule has 1 amide bonds. The number of piperidine rings is 1. The van der Waals surface area contributed by atoms with Gasteiger partial charge in [0.05, 0.1) is 18.0 Å². The number of benzene rings is 2. The summed E-state index contributed by atoms with van der Waals surface area (Å²) in [6, 6.07) is 11.8. The van der Waals surface area contributed by atoms with Gasteiger partial charge in [0.15, 0.2) is 0 Å². The van der Waals surface area contributed by atoms with Crippen LogP contribution in [0.4, 0.5) is 4.39 Å². The molecule has 168 valence electrons. The maximum atomic E-state index is 13.1. The van der Waals surface area contributed by atoms with E-state index < -0.39 is 15.8 Å². The highest BCUT2D eigenvalue weighted by atomic mass is 32.2. The monoisotopic (exact) mass is 450 g/mol. The van der Waals surface area contributed by atoms with Crippen molar-refractivity contribution in [1.82, 2.24) is 9.62 Å². The van der Waals surface area contributed by atoms with Crippen LogP contribution < -0.4 is 14.8 Å². The van der Waals surface area contributed by atoms with Crippen molar-refractivity contribution in [3.8, 4) is 11.5 Å². The fraction of sp³-hybridized carbons (Fsp3) is 0.409. The molecule has 0 radical (unpaired) electrons. The Bertz CT molecular complexity index is 972. The Kier molecular flexibility index (Phi) is 7.50. The van der Waals surface area contributed by atoms with Gasteiger partial charge in [0.1, 0.15) is 23.9 Å². The molecule has 1 fully saturated rings. The fourth-order valence-corrected chi connectivity index (χ4v) is 4.88. The molecular formula is C22H27FN2O5S. The molecular weight excluding hydrogens is 423 g/mol. The Morgan fingerprint density at radius 3 is 2.26 bits per heavy atom. The lowest BCUT2D eigenvalue weighted by Crippen LogP contribution is -2.45. The standard InChI is InChI=1S/C22H27FN2O5S/c1-16(15-30-20-7-5-19(29-2)6-8-20)24-22(26)17-11-13-25(14-12-17)31(27,28)21-9-3-18(23)4-10-21/h3-10,16-17H,11-15H2,1-2H3,(H,24,26)/t16-/m1/s1. The van der Waals surface area contributed by atoms with Crippen molar-refractivity contribution in [1.29, 1.82) is 0 Å². The van der Waals surface area contributed by atoms with Crippen LogP contribution in [0.5, 0.6) is 11.5 Å². The van der Waals surface area contributed by atoms with Gasteiger partial charge in [-0.2, -0.15) is 4.31 Å². The number of methoxy groups -OCH3 is 1. The fourth-order valence-electron chi connectivity index (χ4n) is 3.41. The molecule has 0 spiro atoms. The second-order valence-electron chi connectivity index (χ2n) is 7.53. The SMILES string of the molecule is COc1ccc(OC[C@@H](C)NC(=O)C2CCN(S(=O)(=O)c3ccc(F)cc3)CC2)cc1. The molecule has 1 aliphatic rings. The average Bonchev–Trinajstić information content (AvgIpc) is 2.78. The lowest BCUT2D eigenvalue weighted by atomic mass is 9.97. The summed E-state index contributed by atoms with van der Waals surface area (Å²) in [5.41, 5.74) is 0. The van der Waals surface area contributed by atoms with E-state index >= 15 is 0 Å². The van der Waals surface area contributed by atoms with E-state index in [0.717, 1.165) is 17.9 Å². The Hall–Kier alpha value is -2.65. The van der Waals surface area contributed by atoms with Gasteiger partial charge in [-0.1, -0.05) is 0 Å². The van der Waals surface area contributed by atoms with Gasteiger partial charge in [0.2, 0.25) is 15.9 Å². The number of sulfonamides is 1. The average molecular weight is 451 g/mol. The molecule has 0 aliphatic carbocycles. The Morgan fingerprint density at radius 1 is 1.10 bits per heavy atom. The number of carbonyl (C=O) groups is 1. The second-order valence-corrected chi connectivity index (χ2v) is 9.47. The van der Waals surface area contributed by atoms with E-state index in [4.69, 9.17) is 9.47 Å². The third kappa shape index (κ3) is 5.95. The summed E-state index contributed by atoms with van der Waals surface area (Å²) in [6.45, 7) is 2.66. The Balaban J connectivity index is 1.46. The van der Waals surface area contributed by atoms with Gasteiger partial charge in [-0.3, -0.25) is 4.79 Å². The largest absolute Gasteiger partial charge is 0.497 e. The van der Waals surface area contributed by atoms with Crippen LogP contribution in [-0.4, -0.2) is 51.5 Å². The van der Waals surface area contributed by atoms with Crippen LogP contribution in [0.3, 0.4) is 0 Å². The first-order valence-electron chi connectivity index (χ1n) is 10.1. The normalized spacial score (nSPS) is 16.5. The molecule has 1 aliphatic heterocycles. The molecule has 2 aromatic rings. The topological polar surface area (TPSA) is 84.9 Å². The summed E-state index contributed by atoms with van der Waals surface area (Å²) in [5.74, 6) is 0.565. The molecule has 7 nitrogen and oxygen atoms in total. The first-order chi connectivity index (χ1) is 14.8. The van der Waals surface area contributed by atoms with E-state index in [0.29, 0.717) is 25.2 Å². The van der Waals surface area contributed by atoms with Crippen LogP contribution in [0.25, 0.3) is 0 Å². The molecule has 1 saturated heterocycles. The van der Waals surface area contributed by atoms with Crippen LogP contribution >= 0.6 is 0 Å². The molecule has 1 atom stereocenters. The van der Waals surface area contributed by atoms with E-state index in [1.165, 1.54) is 16.4 Å². The number of hydrogen-bond acceptors (Lipinski definition) is 5. The number of amides is 1. The van der Waals surface area contributed by atoms with E-state index in [9.17, 15) is 17.6 Å². The molecule has 1 N–H and O–H groups in total.